The molecule has 0 bridgehead atoms. The Balaban J connectivity index is 1.70. The van der Waals surface area contributed by atoms with Gasteiger partial charge in [0.25, 0.3) is 5.91 Å². The van der Waals surface area contributed by atoms with Crippen LogP contribution < -0.4 is 10.5 Å². The predicted molar refractivity (Wildman–Crippen MR) is 111 cm³/mol. The highest BCUT2D eigenvalue weighted by Gasteiger charge is 2.15. The standard InChI is InChI=1S/C20H21N3O4S2/c1-13-18(14(2)27-23-13)12-28-19-9-4-3-8-17(19)20(24)22-11-15-6-5-7-16(10-15)29(21,25)26/h3-10H,11-12H2,1-2H3,(H,22,24)(H2,21,25,26). The summed E-state index contributed by atoms with van der Waals surface area (Å²) in [5, 5.41) is 11.9. The van der Waals surface area contributed by atoms with Crippen molar-refractivity contribution in [3.63, 3.8) is 0 Å². The van der Waals surface area contributed by atoms with Gasteiger partial charge in [-0.1, -0.05) is 29.4 Å². The van der Waals surface area contributed by atoms with E-state index in [1.165, 1.54) is 23.9 Å². The van der Waals surface area contributed by atoms with E-state index >= 15 is 0 Å². The Hall–Kier alpha value is -2.62. The Bertz CT molecular complexity index is 1120. The zero-order valence-corrected chi connectivity index (χ0v) is 17.6. The molecular formula is C20H21N3O4S2. The normalized spacial score (nSPS) is 11.4. The molecule has 0 spiro atoms. The molecule has 0 saturated heterocycles. The molecule has 2 aromatic carbocycles. The lowest BCUT2D eigenvalue weighted by Crippen LogP contribution is -2.23. The molecule has 7 nitrogen and oxygen atoms in total. The molecule has 0 atom stereocenters. The summed E-state index contributed by atoms with van der Waals surface area (Å²) < 4.78 is 28.2. The largest absolute Gasteiger partial charge is 0.361 e. The van der Waals surface area contributed by atoms with Crippen molar-refractivity contribution < 1.29 is 17.7 Å². The first-order valence-electron chi connectivity index (χ1n) is 8.79. The van der Waals surface area contributed by atoms with Crippen molar-refractivity contribution in [2.24, 2.45) is 5.14 Å². The van der Waals surface area contributed by atoms with E-state index in [9.17, 15) is 13.2 Å². The van der Waals surface area contributed by atoms with E-state index in [0.717, 1.165) is 21.9 Å². The number of carbonyl (C=O) groups is 1. The van der Waals surface area contributed by atoms with Crippen LogP contribution in [0.1, 0.15) is 32.9 Å². The Morgan fingerprint density at radius 3 is 2.62 bits per heavy atom. The molecule has 1 heterocycles. The third-order valence-electron chi connectivity index (χ3n) is 4.36. The number of aromatic nitrogens is 1. The molecule has 0 aliphatic heterocycles. The summed E-state index contributed by atoms with van der Waals surface area (Å²) in [6, 6.07) is 13.5. The fourth-order valence-electron chi connectivity index (χ4n) is 2.75. The third-order valence-corrected chi connectivity index (χ3v) is 6.38. The van der Waals surface area contributed by atoms with Crippen LogP contribution in [0.3, 0.4) is 0 Å². The van der Waals surface area contributed by atoms with Crippen molar-refractivity contribution in [1.29, 1.82) is 0 Å². The van der Waals surface area contributed by atoms with Crippen LogP contribution in [0.4, 0.5) is 0 Å². The Kier molecular flexibility index (Phi) is 6.41. The fraction of sp³-hybridized carbons (Fsp3) is 0.200. The molecule has 0 aliphatic rings. The van der Waals surface area contributed by atoms with E-state index in [1.807, 2.05) is 26.0 Å². The maximum atomic E-state index is 12.7. The number of amides is 1. The van der Waals surface area contributed by atoms with Gasteiger partial charge in [0.15, 0.2) is 0 Å². The fourth-order valence-corrected chi connectivity index (χ4v) is 4.53. The van der Waals surface area contributed by atoms with Gasteiger partial charge in [0.1, 0.15) is 5.76 Å². The number of sulfonamides is 1. The summed E-state index contributed by atoms with van der Waals surface area (Å²) in [4.78, 5) is 13.6. The number of hydrogen-bond donors (Lipinski definition) is 2. The van der Waals surface area contributed by atoms with E-state index < -0.39 is 10.0 Å². The molecule has 1 aromatic heterocycles. The van der Waals surface area contributed by atoms with Crippen LogP contribution in [0.15, 0.2) is 62.8 Å². The number of hydrogen-bond acceptors (Lipinski definition) is 6. The van der Waals surface area contributed by atoms with Crippen molar-refractivity contribution >= 4 is 27.7 Å². The molecule has 3 rings (SSSR count). The lowest BCUT2D eigenvalue weighted by molar-refractivity contribution is 0.0948. The molecular weight excluding hydrogens is 410 g/mol. The summed E-state index contributed by atoms with van der Waals surface area (Å²) in [5.41, 5.74) is 3.05. The Labute approximate surface area is 173 Å². The molecule has 0 aliphatic carbocycles. The van der Waals surface area contributed by atoms with Crippen molar-refractivity contribution in [3.8, 4) is 0 Å². The summed E-state index contributed by atoms with van der Waals surface area (Å²) in [7, 11) is -3.79. The van der Waals surface area contributed by atoms with Crippen molar-refractivity contribution in [1.82, 2.24) is 10.5 Å². The Morgan fingerprint density at radius 1 is 1.17 bits per heavy atom. The van der Waals surface area contributed by atoms with Gasteiger partial charge < -0.3 is 9.84 Å². The molecule has 0 radical (unpaired) electrons. The highest BCUT2D eigenvalue weighted by molar-refractivity contribution is 7.98. The maximum absolute atomic E-state index is 12.7. The molecule has 0 unspecified atom stereocenters. The number of primary sulfonamides is 1. The number of carbonyl (C=O) groups excluding carboxylic acids is 1. The molecule has 0 fully saturated rings. The number of thioether (sulfide) groups is 1. The van der Waals surface area contributed by atoms with Crippen LogP contribution in [0.5, 0.6) is 0 Å². The summed E-state index contributed by atoms with van der Waals surface area (Å²) in [6.07, 6.45) is 0. The smallest absolute Gasteiger partial charge is 0.252 e. The molecule has 9 heteroatoms. The van der Waals surface area contributed by atoms with Crippen molar-refractivity contribution in [2.75, 3.05) is 0 Å². The van der Waals surface area contributed by atoms with Crippen LogP contribution in [-0.2, 0) is 22.3 Å². The lowest BCUT2D eigenvalue weighted by atomic mass is 10.2. The van der Waals surface area contributed by atoms with Crippen LogP contribution in [0.25, 0.3) is 0 Å². The van der Waals surface area contributed by atoms with Gasteiger partial charge in [-0.3, -0.25) is 4.79 Å². The van der Waals surface area contributed by atoms with Crippen LogP contribution in [-0.4, -0.2) is 19.5 Å². The van der Waals surface area contributed by atoms with Gasteiger partial charge in [0.2, 0.25) is 10.0 Å². The highest BCUT2D eigenvalue weighted by atomic mass is 32.2. The number of benzene rings is 2. The second-order valence-electron chi connectivity index (χ2n) is 6.46. The first kappa shape index (κ1) is 21.1. The average molecular weight is 432 g/mol. The van der Waals surface area contributed by atoms with Gasteiger partial charge in [-0.25, -0.2) is 13.6 Å². The SMILES string of the molecule is Cc1noc(C)c1CSc1ccccc1C(=O)NCc1cccc(S(N)(=O)=O)c1. The highest BCUT2D eigenvalue weighted by Crippen LogP contribution is 2.28. The van der Waals surface area contributed by atoms with Crippen molar-refractivity contribution in [3.05, 3.63) is 76.7 Å². The minimum absolute atomic E-state index is 0.0136. The van der Waals surface area contributed by atoms with Gasteiger partial charge in [-0.05, 0) is 43.7 Å². The summed E-state index contributed by atoms with van der Waals surface area (Å²) >= 11 is 1.53. The minimum atomic E-state index is -3.79. The average Bonchev–Trinajstić information content (AvgIpc) is 3.02. The molecule has 29 heavy (non-hydrogen) atoms. The first-order valence-corrected chi connectivity index (χ1v) is 11.3. The van der Waals surface area contributed by atoms with Crippen molar-refractivity contribution in [2.45, 2.75) is 35.9 Å². The van der Waals surface area contributed by atoms with Gasteiger partial charge >= 0.3 is 0 Å². The molecule has 1 amide bonds. The summed E-state index contributed by atoms with van der Waals surface area (Å²) in [5.74, 6) is 1.17. The molecule has 3 aromatic rings. The first-order chi connectivity index (χ1) is 13.8. The second-order valence-corrected chi connectivity index (χ2v) is 9.04. The van der Waals surface area contributed by atoms with Gasteiger partial charge in [-0.2, -0.15) is 0 Å². The zero-order valence-electron chi connectivity index (χ0n) is 16.0. The van der Waals surface area contributed by atoms with Crippen LogP contribution in [0, 0.1) is 13.8 Å². The van der Waals surface area contributed by atoms with E-state index in [1.54, 1.807) is 24.3 Å². The van der Waals surface area contributed by atoms with E-state index in [4.69, 9.17) is 9.66 Å². The zero-order chi connectivity index (χ0) is 21.0. The number of aryl methyl sites for hydroxylation is 2. The number of nitrogens with zero attached hydrogens (tertiary/aromatic N) is 1. The lowest BCUT2D eigenvalue weighted by Gasteiger charge is -2.10. The van der Waals surface area contributed by atoms with Crippen LogP contribution in [0.2, 0.25) is 0 Å². The third kappa shape index (κ3) is 5.26. The summed E-state index contributed by atoms with van der Waals surface area (Å²) in [6.45, 7) is 3.94. The Morgan fingerprint density at radius 2 is 1.93 bits per heavy atom. The quantitative estimate of drug-likeness (QED) is 0.555. The topological polar surface area (TPSA) is 115 Å². The minimum Gasteiger partial charge on any atom is -0.361 e. The van der Waals surface area contributed by atoms with Gasteiger partial charge in [-0.15, -0.1) is 11.8 Å². The molecule has 3 N–H and O–H groups in total. The molecule has 152 valence electrons. The maximum Gasteiger partial charge on any atom is 0.252 e. The van der Waals surface area contributed by atoms with E-state index in [0.29, 0.717) is 16.9 Å². The second kappa shape index (κ2) is 8.81. The predicted octanol–water partition coefficient (Wildman–Crippen LogP) is 3.16. The van der Waals surface area contributed by atoms with Crippen LogP contribution >= 0.6 is 11.8 Å². The molecule has 0 saturated carbocycles. The van der Waals surface area contributed by atoms with Gasteiger partial charge in [0, 0.05) is 22.8 Å². The number of nitrogens with two attached hydrogens (primary N) is 1. The van der Waals surface area contributed by atoms with Gasteiger partial charge in [0.05, 0.1) is 16.2 Å². The number of rotatable bonds is 7. The monoisotopic (exact) mass is 431 g/mol. The number of nitrogens with one attached hydrogen (secondary N) is 1. The van der Waals surface area contributed by atoms with E-state index in [2.05, 4.69) is 10.5 Å². The van der Waals surface area contributed by atoms with E-state index in [-0.39, 0.29) is 17.3 Å².